The van der Waals surface area contributed by atoms with Gasteiger partial charge in [-0.1, -0.05) is 6.92 Å². The highest BCUT2D eigenvalue weighted by Crippen LogP contribution is 2.19. The molecule has 0 unspecified atom stereocenters. The van der Waals surface area contributed by atoms with E-state index in [1.54, 1.807) is 12.3 Å². The van der Waals surface area contributed by atoms with Crippen molar-refractivity contribution in [3.05, 3.63) is 47.9 Å². The second kappa shape index (κ2) is 5.64. The summed E-state index contributed by atoms with van der Waals surface area (Å²) in [6.07, 6.45) is 1.61. The number of aromatic nitrogens is 2. The van der Waals surface area contributed by atoms with Crippen molar-refractivity contribution in [1.82, 2.24) is 15.3 Å². The Labute approximate surface area is 104 Å². The van der Waals surface area contributed by atoms with Crippen molar-refractivity contribution in [2.45, 2.75) is 13.5 Å². The molecule has 0 atom stereocenters. The van der Waals surface area contributed by atoms with Gasteiger partial charge < -0.3 is 5.32 Å². The second-order valence-corrected chi connectivity index (χ2v) is 3.77. The van der Waals surface area contributed by atoms with Gasteiger partial charge in [-0.25, -0.2) is 18.7 Å². The summed E-state index contributed by atoms with van der Waals surface area (Å²) in [5.74, 6) is -1.11. The van der Waals surface area contributed by atoms with Crippen molar-refractivity contribution in [2.24, 2.45) is 0 Å². The lowest BCUT2D eigenvalue weighted by Gasteiger charge is -2.04. The molecule has 94 valence electrons. The van der Waals surface area contributed by atoms with Gasteiger partial charge in [0.15, 0.2) is 11.6 Å². The molecule has 1 aromatic carbocycles. The summed E-state index contributed by atoms with van der Waals surface area (Å²) in [7, 11) is 0. The van der Waals surface area contributed by atoms with Gasteiger partial charge in [0.25, 0.3) is 0 Å². The molecule has 0 bridgehead atoms. The molecule has 0 aliphatic rings. The topological polar surface area (TPSA) is 37.8 Å². The summed E-state index contributed by atoms with van der Waals surface area (Å²) >= 11 is 0. The normalized spacial score (nSPS) is 10.6. The van der Waals surface area contributed by atoms with E-state index in [0.29, 0.717) is 23.6 Å². The zero-order valence-corrected chi connectivity index (χ0v) is 9.95. The van der Waals surface area contributed by atoms with Gasteiger partial charge in [0.05, 0.1) is 12.2 Å². The quantitative estimate of drug-likeness (QED) is 0.904. The summed E-state index contributed by atoms with van der Waals surface area (Å²) in [5.41, 5.74) is 1.12. The van der Waals surface area contributed by atoms with Crippen LogP contribution in [0.5, 0.6) is 0 Å². The van der Waals surface area contributed by atoms with Crippen molar-refractivity contribution < 1.29 is 8.78 Å². The number of nitrogens with zero attached hydrogens (tertiary/aromatic N) is 2. The van der Waals surface area contributed by atoms with E-state index in [1.807, 2.05) is 6.92 Å². The van der Waals surface area contributed by atoms with Crippen LogP contribution >= 0.6 is 0 Å². The number of nitrogens with one attached hydrogen (secondary N) is 1. The van der Waals surface area contributed by atoms with Crippen LogP contribution in [-0.4, -0.2) is 16.5 Å². The van der Waals surface area contributed by atoms with Gasteiger partial charge in [-0.3, -0.25) is 0 Å². The van der Waals surface area contributed by atoms with E-state index in [0.717, 1.165) is 18.7 Å². The Hall–Kier alpha value is -1.88. The standard InChI is InChI=1S/C13H13F2N3/c1-2-16-8-13-17-6-5-12(18-13)9-3-4-10(14)11(15)7-9/h3-7,16H,2,8H2,1H3. The van der Waals surface area contributed by atoms with Crippen LogP contribution in [0.2, 0.25) is 0 Å². The number of hydrogen-bond acceptors (Lipinski definition) is 3. The smallest absolute Gasteiger partial charge is 0.159 e. The summed E-state index contributed by atoms with van der Waals surface area (Å²) in [4.78, 5) is 8.39. The fourth-order valence-corrected chi connectivity index (χ4v) is 1.54. The largest absolute Gasteiger partial charge is 0.310 e. The number of hydrogen-bond donors (Lipinski definition) is 1. The van der Waals surface area contributed by atoms with Gasteiger partial charge in [-0.05, 0) is 30.8 Å². The van der Waals surface area contributed by atoms with E-state index in [2.05, 4.69) is 15.3 Å². The Bertz CT molecular complexity index is 544. The predicted octanol–water partition coefficient (Wildman–Crippen LogP) is 2.53. The minimum Gasteiger partial charge on any atom is -0.310 e. The van der Waals surface area contributed by atoms with E-state index in [4.69, 9.17) is 0 Å². The first kappa shape index (κ1) is 12.6. The van der Waals surface area contributed by atoms with Gasteiger partial charge >= 0.3 is 0 Å². The van der Waals surface area contributed by atoms with Crippen LogP contribution in [-0.2, 0) is 6.54 Å². The van der Waals surface area contributed by atoms with Gasteiger partial charge in [-0.15, -0.1) is 0 Å². The van der Waals surface area contributed by atoms with Crippen molar-refractivity contribution in [2.75, 3.05) is 6.54 Å². The van der Waals surface area contributed by atoms with E-state index in [-0.39, 0.29) is 0 Å². The summed E-state index contributed by atoms with van der Waals surface area (Å²) in [6, 6.07) is 5.39. The fourth-order valence-electron chi connectivity index (χ4n) is 1.54. The highest BCUT2D eigenvalue weighted by molar-refractivity contribution is 5.58. The first-order valence-corrected chi connectivity index (χ1v) is 5.68. The number of benzene rings is 1. The van der Waals surface area contributed by atoms with Crippen molar-refractivity contribution in [1.29, 1.82) is 0 Å². The molecular formula is C13H13F2N3. The van der Waals surface area contributed by atoms with Crippen molar-refractivity contribution >= 4 is 0 Å². The van der Waals surface area contributed by atoms with Gasteiger partial charge in [0.2, 0.25) is 0 Å². The van der Waals surface area contributed by atoms with E-state index in [1.165, 1.54) is 6.07 Å². The fraction of sp³-hybridized carbons (Fsp3) is 0.231. The molecule has 0 saturated heterocycles. The first-order chi connectivity index (χ1) is 8.70. The van der Waals surface area contributed by atoms with Gasteiger partial charge in [0.1, 0.15) is 5.82 Å². The average molecular weight is 249 g/mol. The summed E-state index contributed by atoms with van der Waals surface area (Å²) in [5, 5.41) is 3.10. The van der Waals surface area contributed by atoms with Crippen LogP contribution in [0.25, 0.3) is 11.3 Å². The molecule has 0 saturated carbocycles. The summed E-state index contributed by atoms with van der Waals surface area (Å²) < 4.78 is 26.0. The highest BCUT2D eigenvalue weighted by atomic mass is 19.2. The zero-order valence-electron chi connectivity index (χ0n) is 9.95. The third-order valence-corrected chi connectivity index (χ3v) is 2.45. The van der Waals surface area contributed by atoms with E-state index in [9.17, 15) is 8.78 Å². The molecule has 0 radical (unpaired) electrons. The van der Waals surface area contributed by atoms with Crippen molar-refractivity contribution in [3.8, 4) is 11.3 Å². The van der Waals surface area contributed by atoms with Crippen LogP contribution in [0.3, 0.4) is 0 Å². The zero-order chi connectivity index (χ0) is 13.0. The Morgan fingerprint density at radius 3 is 2.72 bits per heavy atom. The van der Waals surface area contributed by atoms with Crippen LogP contribution in [0, 0.1) is 11.6 Å². The molecule has 3 nitrogen and oxygen atoms in total. The molecule has 0 fully saturated rings. The lowest BCUT2D eigenvalue weighted by Crippen LogP contribution is -2.14. The predicted molar refractivity (Wildman–Crippen MR) is 64.8 cm³/mol. The maximum Gasteiger partial charge on any atom is 0.159 e. The van der Waals surface area contributed by atoms with Crippen LogP contribution in [0.15, 0.2) is 30.5 Å². The molecule has 2 rings (SSSR count). The average Bonchev–Trinajstić information content (AvgIpc) is 2.40. The van der Waals surface area contributed by atoms with E-state index >= 15 is 0 Å². The van der Waals surface area contributed by atoms with Crippen LogP contribution in [0.4, 0.5) is 8.78 Å². The lowest BCUT2D eigenvalue weighted by molar-refractivity contribution is 0.509. The van der Waals surface area contributed by atoms with E-state index < -0.39 is 11.6 Å². The Morgan fingerprint density at radius 1 is 1.17 bits per heavy atom. The van der Waals surface area contributed by atoms with Crippen LogP contribution < -0.4 is 5.32 Å². The molecule has 0 spiro atoms. The monoisotopic (exact) mass is 249 g/mol. The third-order valence-electron chi connectivity index (χ3n) is 2.45. The molecule has 2 aromatic rings. The molecule has 1 heterocycles. The van der Waals surface area contributed by atoms with Crippen molar-refractivity contribution in [3.63, 3.8) is 0 Å². The molecule has 18 heavy (non-hydrogen) atoms. The minimum absolute atomic E-state index is 0.536. The molecule has 1 N–H and O–H groups in total. The molecule has 0 aliphatic heterocycles. The molecule has 0 aliphatic carbocycles. The first-order valence-electron chi connectivity index (χ1n) is 5.68. The Kier molecular flexibility index (Phi) is 3.94. The number of rotatable bonds is 4. The molecule has 1 aromatic heterocycles. The molecule has 5 heteroatoms. The minimum atomic E-state index is -0.876. The van der Waals surface area contributed by atoms with Gasteiger partial charge in [-0.2, -0.15) is 0 Å². The third kappa shape index (κ3) is 2.87. The lowest BCUT2D eigenvalue weighted by atomic mass is 10.1. The second-order valence-electron chi connectivity index (χ2n) is 3.77. The maximum absolute atomic E-state index is 13.1. The number of halogens is 2. The molecule has 0 amide bonds. The molecular weight excluding hydrogens is 236 g/mol. The van der Waals surface area contributed by atoms with Gasteiger partial charge in [0, 0.05) is 11.8 Å². The summed E-state index contributed by atoms with van der Waals surface area (Å²) in [6.45, 7) is 3.35. The Morgan fingerprint density at radius 2 is 2.00 bits per heavy atom. The van der Waals surface area contributed by atoms with Crippen LogP contribution in [0.1, 0.15) is 12.7 Å². The maximum atomic E-state index is 13.1. The SMILES string of the molecule is CCNCc1nccc(-c2ccc(F)c(F)c2)n1. The Balaban J connectivity index is 2.29. The highest BCUT2D eigenvalue weighted by Gasteiger charge is 2.06.